The van der Waals surface area contributed by atoms with Crippen molar-refractivity contribution in [3.05, 3.63) is 35.4 Å². The number of fused-ring (bicyclic) bond motifs is 1. The Labute approximate surface area is 109 Å². The average molecular weight is 248 g/mol. The van der Waals surface area contributed by atoms with Crippen LogP contribution >= 0.6 is 12.2 Å². The molecule has 0 saturated heterocycles. The third kappa shape index (κ3) is 3.05. The summed E-state index contributed by atoms with van der Waals surface area (Å²) >= 11 is 5.01. The fraction of sp³-hybridized carbons (Fsp3) is 0.500. The van der Waals surface area contributed by atoms with Gasteiger partial charge in [0.2, 0.25) is 0 Å². The number of rotatable bonds is 6. The normalized spacial score (nSPS) is 17.6. The second-order valence-electron chi connectivity index (χ2n) is 4.80. The van der Waals surface area contributed by atoms with Crippen molar-refractivity contribution in [2.45, 2.75) is 25.7 Å². The van der Waals surface area contributed by atoms with E-state index in [2.05, 4.69) is 36.1 Å². The van der Waals surface area contributed by atoms with Gasteiger partial charge < -0.3 is 5.73 Å². The van der Waals surface area contributed by atoms with Gasteiger partial charge in [0.25, 0.3) is 0 Å². The van der Waals surface area contributed by atoms with Crippen LogP contribution in [0.2, 0.25) is 0 Å². The van der Waals surface area contributed by atoms with Crippen molar-refractivity contribution in [2.75, 3.05) is 19.6 Å². The number of thiocarbonyl (C=S) groups is 1. The second-order valence-corrected chi connectivity index (χ2v) is 5.33. The number of hydrogen-bond acceptors (Lipinski definition) is 2. The SMILES string of the molecule is CCCN(CC(N)=S)CC1Cc2ccccc21. The molecule has 92 valence electrons. The summed E-state index contributed by atoms with van der Waals surface area (Å²) in [4.78, 5) is 2.98. The van der Waals surface area contributed by atoms with Gasteiger partial charge in [-0.3, -0.25) is 4.90 Å². The van der Waals surface area contributed by atoms with E-state index in [1.54, 1.807) is 0 Å². The summed E-state index contributed by atoms with van der Waals surface area (Å²) in [5.74, 6) is 0.673. The molecule has 0 amide bonds. The molecular formula is C14H20N2S. The van der Waals surface area contributed by atoms with Gasteiger partial charge in [0.1, 0.15) is 0 Å². The molecule has 0 bridgehead atoms. The monoisotopic (exact) mass is 248 g/mol. The lowest BCUT2D eigenvalue weighted by Crippen LogP contribution is -2.38. The van der Waals surface area contributed by atoms with E-state index >= 15 is 0 Å². The summed E-state index contributed by atoms with van der Waals surface area (Å²) in [5.41, 5.74) is 8.66. The van der Waals surface area contributed by atoms with Gasteiger partial charge in [-0.05, 0) is 30.5 Å². The third-order valence-corrected chi connectivity index (χ3v) is 3.49. The van der Waals surface area contributed by atoms with Crippen LogP contribution in [0, 0.1) is 0 Å². The van der Waals surface area contributed by atoms with Crippen LogP contribution in [0.1, 0.15) is 30.4 Å². The minimum Gasteiger partial charge on any atom is -0.392 e. The highest BCUT2D eigenvalue weighted by molar-refractivity contribution is 7.80. The number of nitrogens with two attached hydrogens (primary N) is 1. The Morgan fingerprint density at radius 3 is 2.88 bits per heavy atom. The molecule has 0 spiro atoms. The van der Waals surface area contributed by atoms with Gasteiger partial charge in [-0.1, -0.05) is 43.4 Å². The van der Waals surface area contributed by atoms with Gasteiger partial charge in [0.15, 0.2) is 0 Å². The maximum Gasteiger partial charge on any atom is 0.0870 e. The zero-order valence-electron chi connectivity index (χ0n) is 10.4. The third-order valence-electron chi connectivity index (χ3n) is 3.36. The predicted molar refractivity (Wildman–Crippen MR) is 76.4 cm³/mol. The van der Waals surface area contributed by atoms with Gasteiger partial charge in [0, 0.05) is 19.0 Å². The Hall–Kier alpha value is -0.930. The van der Waals surface area contributed by atoms with Gasteiger partial charge in [-0.25, -0.2) is 0 Å². The van der Waals surface area contributed by atoms with Crippen molar-refractivity contribution < 1.29 is 0 Å². The first kappa shape index (κ1) is 12.5. The van der Waals surface area contributed by atoms with E-state index in [9.17, 15) is 0 Å². The van der Waals surface area contributed by atoms with E-state index in [1.165, 1.54) is 17.5 Å². The molecule has 1 aromatic rings. The lowest BCUT2D eigenvalue weighted by atomic mass is 9.77. The first-order valence-corrected chi connectivity index (χ1v) is 6.70. The second kappa shape index (κ2) is 5.61. The fourth-order valence-electron chi connectivity index (χ4n) is 2.61. The Morgan fingerprint density at radius 1 is 1.47 bits per heavy atom. The lowest BCUT2D eigenvalue weighted by Gasteiger charge is -2.34. The van der Waals surface area contributed by atoms with E-state index in [4.69, 9.17) is 18.0 Å². The molecular weight excluding hydrogens is 228 g/mol. The summed E-state index contributed by atoms with van der Waals surface area (Å²) in [6.07, 6.45) is 2.35. The quantitative estimate of drug-likeness (QED) is 0.783. The summed E-state index contributed by atoms with van der Waals surface area (Å²) in [6, 6.07) is 8.72. The molecule has 0 radical (unpaired) electrons. The molecule has 0 aromatic heterocycles. The topological polar surface area (TPSA) is 29.3 Å². The first-order valence-electron chi connectivity index (χ1n) is 6.29. The van der Waals surface area contributed by atoms with Crippen LogP contribution in [0.5, 0.6) is 0 Å². The maximum absolute atomic E-state index is 5.64. The van der Waals surface area contributed by atoms with Gasteiger partial charge in [-0.2, -0.15) is 0 Å². The van der Waals surface area contributed by atoms with Crippen molar-refractivity contribution >= 4 is 17.2 Å². The summed E-state index contributed by atoms with van der Waals surface area (Å²) in [5, 5.41) is 0. The van der Waals surface area contributed by atoms with E-state index in [0.29, 0.717) is 10.9 Å². The molecule has 17 heavy (non-hydrogen) atoms. The number of hydrogen-bond donors (Lipinski definition) is 1. The van der Waals surface area contributed by atoms with Crippen LogP contribution < -0.4 is 5.73 Å². The zero-order valence-corrected chi connectivity index (χ0v) is 11.2. The molecule has 1 aliphatic carbocycles. The Bertz CT molecular complexity index is 403. The molecule has 2 N–H and O–H groups in total. The van der Waals surface area contributed by atoms with Crippen LogP contribution in [0.15, 0.2) is 24.3 Å². The molecule has 3 heteroatoms. The smallest absolute Gasteiger partial charge is 0.0870 e. The standard InChI is InChI=1S/C14H20N2S/c1-2-7-16(10-14(15)17)9-12-8-11-5-3-4-6-13(11)12/h3-6,12H,2,7-10H2,1H3,(H2,15,17). The van der Waals surface area contributed by atoms with Gasteiger partial charge in [-0.15, -0.1) is 0 Å². The molecule has 1 atom stereocenters. The van der Waals surface area contributed by atoms with Crippen molar-refractivity contribution in [2.24, 2.45) is 5.73 Å². The van der Waals surface area contributed by atoms with E-state index < -0.39 is 0 Å². The van der Waals surface area contributed by atoms with Crippen molar-refractivity contribution in [3.8, 4) is 0 Å². The highest BCUT2D eigenvalue weighted by atomic mass is 32.1. The van der Waals surface area contributed by atoms with Crippen molar-refractivity contribution in [1.29, 1.82) is 0 Å². The largest absolute Gasteiger partial charge is 0.392 e. The highest BCUT2D eigenvalue weighted by Gasteiger charge is 2.26. The summed E-state index contributed by atoms with van der Waals surface area (Å²) in [7, 11) is 0. The fourth-order valence-corrected chi connectivity index (χ4v) is 2.79. The summed E-state index contributed by atoms with van der Waals surface area (Å²) in [6.45, 7) is 5.11. The summed E-state index contributed by atoms with van der Waals surface area (Å²) < 4.78 is 0. The predicted octanol–water partition coefficient (Wildman–Crippen LogP) is 2.32. The highest BCUT2D eigenvalue weighted by Crippen LogP contribution is 2.35. The lowest BCUT2D eigenvalue weighted by molar-refractivity contribution is 0.280. The Morgan fingerprint density at radius 2 is 2.24 bits per heavy atom. The average Bonchev–Trinajstić information content (AvgIpc) is 2.25. The molecule has 2 nitrogen and oxygen atoms in total. The minimum atomic E-state index is 0.603. The molecule has 2 rings (SSSR count). The molecule has 0 aliphatic heterocycles. The molecule has 0 saturated carbocycles. The molecule has 1 unspecified atom stereocenters. The Kier molecular flexibility index (Phi) is 4.13. The van der Waals surface area contributed by atoms with Crippen LogP contribution in [0.25, 0.3) is 0 Å². The van der Waals surface area contributed by atoms with Crippen LogP contribution in [-0.4, -0.2) is 29.5 Å². The van der Waals surface area contributed by atoms with Gasteiger partial charge >= 0.3 is 0 Å². The molecule has 0 heterocycles. The van der Waals surface area contributed by atoms with Gasteiger partial charge in [0.05, 0.1) is 4.99 Å². The molecule has 0 fully saturated rings. The van der Waals surface area contributed by atoms with E-state index in [0.717, 1.165) is 26.1 Å². The van der Waals surface area contributed by atoms with Crippen LogP contribution in [0.3, 0.4) is 0 Å². The maximum atomic E-state index is 5.64. The van der Waals surface area contributed by atoms with E-state index in [-0.39, 0.29) is 0 Å². The number of nitrogens with zero attached hydrogens (tertiary/aromatic N) is 1. The number of benzene rings is 1. The Balaban J connectivity index is 1.94. The first-order chi connectivity index (χ1) is 8.20. The zero-order chi connectivity index (χ0) is 12.3. The van der Waals surface area contributed by atoms with E-state index in [1.807, 2.05) is 0 Å². The molecule has 1 aromatic carbocycles. The molecule has 1 aliphatic rings. The van der Waals surface area contributed by atoms with Crippen molar-refractivity contribution in [3.63, 3.8) is 0 Å². The van der Waals surface area contributed by atoms with Crippen LogP contribution in [0.4, 0.5) is 0 Å². The van der Waals surface area contributed by atoms with Crippen LogP contribution in [-0.2, 0) is 6.42 Å². The van der Waals surface area contributed by atoms with Crippen molar-refractivity contribution in [1.82, 2.24) is 4.90 Å². The minimum absolute atomic E-state index is 0.603.